The zero-order valence-corrected chi connectivity index (χ0v) is 28.6. The normalized spacial score (nSPS) is 12.8. The molecule has 0 bridgehead atoms. The predicted octanol–water partition coefficient (Wildman–Crippen LogP) is 13.4. The molecule has 9 aromatic carbocycles. The smallest absolute Gasteiger partial charge is 0.0714 e. The average molecular weight is 662 g/mol. The third kappa shape index (κ3) is 4.86. The van der Waals surface area contributed by atoms with Gasteiger partial charge in [-0.1, -0.05) is 170 Å². The van der Waals surface area contributed by atoms with E-state index in [1.54, 1.807) is 0 Å². The highest BCUT2D eigenvalue weighted by atomic mass is 14.9. The number of rotatable bonds is 6. The topological polar surface area (TPSA) is 12.0 Å². The third-order valence-electron chi connectivity index (χ3n) is 10.9. The molecular weight excluding hydrogens is 627 g/mol. The monoisotopic (exact) mass is 661 g/mol. The summed E-state index contributed by atoms with van der Waals surface area (Å²) in [6.45, 7) is 0. The van der Waals surface area contributed by atoms with E-state index in [2.05, 4.69) is 212 Å². The minimum Gasteiger partial charge on any atom is -0.355 e. The molecule has 0 aromatic heterocycles. The van der Waals surface area contributed by atoms with Crippen molar-refractivity contribution in [2.24, 2.45) is 0 Å². The molecule has 52 heavy (non-hydrogen) atoms. The zero-order valence-electron chi connectivity index (χ0n) is 28.6. The Hall–Kier alpha value is -6.70. The largest absolute Gasteiger partial charge is 0.355 e. The first-order valence-electron chi connectivity index (χ1n) is 18.0. The van der Waals surface area contributed by atoms with Gasteiger partial charge in [-0.05, 0) is 108 Å². The Kier molecular flexibility index (Phi) is 7.11. The van der Waals surface area contributed by atoms with E-state index in [1.165, 1.54) is 77.2 Å². The van der Waals surface area contributed by atoms with Crippen LogP contribution < -0.4 is 5.32 Å². The van der Waals surface area contributed by atoms with Crippen LogP contribution in [0.25, 0.3) is 54.9 Å². The summed E-state index contributed by atoms with van der Waals surface area (Å²) in [5.41, 5.74) is 14.3. The number of anilines is 2. The Balaban J connectivity index is 0.984. The molecule has 244 valence electrons. The van der Waals surface area contributed by atoms with Crippen LogP contribution >= 0.6 is 0 Å². The minimum atomic E-state index is -0.414. The van der Waals surface area contributed by atoms with Crippen LogP contribution in [0.4, 0.5) is 11.4 Å². The third-order valence-corrected chi connectivity index (χ3v) is 10.9. The molecule has 1 N–H and O–H groups in total. The zero-order chi connectivity index (χ0) is 34.5. The van der Waals surface area contributed by atoms with E-state index in [0.717, 1.165) is 11.4 Å². The van der Waals surface area contributed by atoms with Gasteiger partial charge in [0.15, 0.2) is 0 Å². The average Bonchev–Trinajstić information content (AvgIpc) is 3.53. The molecule has 0 spiro atoms. The molecule has 0 aliphatic heterocycles. The van der Waals surface area contributed by atoms with Crippen LogP contribution in [-0.2, 0) is 5.41 Å². The Labute approximate surface area is 304 Å². The predicted molar refractivity (Wildman–Crippen MR) is 219 cm³/mol. The molecule has 10 rings (SSSR count). The highest BCUT2D eigenvalue weighted by molar-refractivity contribution is 5.95. The second-order valence-electron chi connectivity index (χ2n) is 13.8. The SMILES string of the molecule is c1ccc(C2(c3ccccc3)c3ccccc3-c3c(Nc4ccc(-c5ccc6cc(-c7ccc8ccccc8c7)ccc6c5)cc4)cccc32)cc1. The first-order chi connectivity index (χ1) is 25.8. The van der Waals surface area contributed by atoms with Crippen LogP contribution in [0, 0.1) is 0 Å². The van der Waals surface area contributed by atoms with E-state index in [1.807, 2.05) is 0 Å². The number of hydrogen-bond acceptors (Lipinski definition) is 1. The van der Waals surface area contributed by atoms with Crippen LogP contribution in [-0.4, -0.2) is 0 Å². The molecule has 9 aromatic rings. The number of hydrogen-bond donors (Lipinski definition) is 1. The van der Waals surface area contributed by atoms with Gasteiger partial charge < -0.3 is 5.32 Å². The summed E-state index contributed by atoms with van der Waals surface area (Å²) >= 11 is 0. The van der Waals surface area contributed by atoms with Crippen LogP contribution in [0.1, 0.15) is 22.3 Å². The van der Waals surface area contributed by atoms with Gasteiger partial charge in [0, 0.05) is 16.9 Å². The molecule has 0 atom stereocenters. The van der Waals surface area contributed by atoms with Crippen molar-refractivity contribution in [3.05, 3.63) is 229 Å². The lowest BCUT2D eigenvalue weighted by Crippen LogP contribution is -2.28. The summed E-state index contributed by atoms with van der Waals surface area (Å²) in [5, 5.41) is 8.84. The fraction of sp³-hybridized carbons (Fsp3) is 0.0196. The highest BCUT2D eigenvalue weighted by Crippen LogP contribution is 2.58. The van der Waals surface area contributed by atoms with Crippen molar-refractivity contribution in [3.8, 4) is 33.4 Å². The van der Waals surface area contributed by atoms with Gasteiger partial charge in [0.1, 0.15) is 0 Å². The lowest BCUT2D eigenvalue weighted by atomic mass is 9.68. The van der Waals surface area contributed by atoms with Crippen LogP contribution in [0.3, 0.4) is 0 Å². The molecule has 0 radical (unpaired) electrons. The van der Waals surface area contributed by atoms with Crippen LogP contribution in [0.15, 0.2) is 206 Å². The molecule has 1 aliphatic carbocycles. The summed E-state index contributed by atoms with van der Waals surface area (Å²) in [6, 6.07) is 75.2. The quantitative estimate of drug-likeness (QED) is 0.187. The fourth-order valence-corrected chi connectivity index (χ4v) is 8.47. The van der Waals surface area contributed by atoms with E-state index in [9.17, 15) is 0 Å². The standard InChI is InChI=1S/C51H35N/c1-3-14-43(15-4-1)51(44-16-5-2-6-17-44)47-19-10-9-18-46(47)50-48(51)20-11-21-49(50)52-45-30-28-36(29-31-45)38-24-25-41-34-42(27-26-40(41)33-38)39-23-22-35-12-7-8-13-37(35)32-39/h1-34,52H. The summed E-state index contributed by atoms with van der Waals surface area (Å²) in [4.78, 5) is 0. The van der Waals surface area contributed by atoms with E-state index in [0.29, 0.717) is 0 Å². The molecule has 0 fully saturated rings. The number of nitrogens with one attached hydrogen (secondary N) is 1. The maximum atomic E-state index is 3.83. The molecular formula is C51H35N. The second-order valence-corrected chi connectivity index (χ2v) is 13.8. The van der Waals surface area contributed by atoms with Crippen LogP contribution in [0.2, 0.25) is 0 Å². The molecule has 1 nitrogen and oxygen atoms in total. The van der Waals surface area contributed by atoms with Gasteiger partial charge in [-0.15, -0.1) is 0 Å². The van der Waals surface area contributed by atoms with Gasteiger partial charge in [0.25, 0.3) is 0 Å². The van der Waals surface area contributed by atoms with Crippen molar-refractivity contribution >= 4 is 32.9 Å². The maximum Gasteiger partial charge on any atom is 0.0714 e. The summed E-state index contributed by atoms with van der Waals surface area (Å²) in [6.07, 6.45) is 0. The molecule has 1 heteroatoms. The van der Waals surface area contributed by atoms with E-state index in [-0.39, 0.29) is 0 Å². The highest BCUT2D eigenvalue weighted by Gasteiger charge is 2.46. The van der Waals surface area contributed by atoms with Crippen molar-refractivity contribution in [1.82, 2.24) is 0 Å². The summed E-state index contributed by atoms with van der Waals surface area (Å²) in [7, 11) is 0. The minimum absolute atomic E-state index is 0.414. The first kappa shape index (κ1) is 30.2. The van der Waals surface area contributed by atoms with Gasteiger partial charge in [-0.25, -0.2) is 0 Å². The van der Waals surface area contributed by atoms with E-state index < -0.39 is 5.41 Å². The van der Waals surface area contributed by atoms with Crippen LogP contribution in [0.5, 0.6) is 0 Å². The Morgan fingerprint density at radius 3 is 1.46 bits per heavy atom. The van der Waals surface area contributed by atoms with Gasteiger partial charge in [-0.3, -0.25) is 0 Å². The lowest BCUT2D eigenvalue weighted by Gasteiger charge is -2.33. The summed E-state index contributed by atoms with van der Waals surface area (Å²) in [5.74, 6) is 0. The van der Waals surface area contributed by atoms with Crippen molar-refractivity contribution in [2.45, 2.75) is 5.41 Å². The maximum absolute atomic E-state index is 3.83. The van der Waals surface area contributed by atoms with Gasteiger partial charge >= 0.3 is 0 Å². The fourth-order valence-electron chi connectivity index (χ4n) is 8.47. The molecule has 0 heterocycles. The lowest BCUT2D eigenvalue weighted by molar-refractivity contribution is 0.768. The van der Waals surface area contributed by atoms with E-state index >= 15 is 0 Å². The van der Waals surface area contributed by atoms with Gasteiger partial charge in [0.2, 0.25) is 0 Å². The molecule has 0 unspecified atom stereocenters. The number of benzene rings is 9. The van der Waals surface area contributed by atoms with Gasteiger partial charge in [0.05, 0.1) is 5.41 Å². The molecule has 0 amide bonds. The van der Waals surface area contributed by atoms with Crippen molar-refractivity contribution in [3.63, 3.8) is 0 Å². The van der Waals surface area contributed by atoms with Crippen molar-refractivity contribution in [2.75, 3.05) is 5.32 Å². The van der Waals surface area contributed by atoms with Crippen molar-refractivity contribution in [1.29, 1.82) is 0 Å². The molecule has 0 saturated carbocycles. The Morgan fingerprint density at radius 1 is 0.327 bits per heavy atom. The van der Waals surface area contributed by atoms with E-state index in [4.69, 9.17) is 0 Å². The second kappa shape index (κ2) is 12.3. The van der Waals surface area contributed by atoms with Crippen molar-refractivity contribution < 1.29 is 0 Å². The first-order valence-corrected chi connectivity index (χ1v) is 18.0. The Morgan fingerprint density at radius 2 is 0.808 bits per heavy atom. The molecule has 1 aliphatic rings. The Bertz CT molecular complexity index is 2700. The summed E-state index contributed by atoms with van der Waals surface area (Å²) < 4.78 is 0. The molecule has 0 saturated heterocycles. The van der Waals surface area contributed by atoms with Gasteiger partial charge in [-0.2, -0.15) is 0 Å². The number of fused-ring (bicyclic) bond motifs is 5.